The van der Waals surface area contributed by atoms with Crippen LogP contribution in [0.1, 0.15) is 37.1 Å². The molecular weight excluding hydrogens is 607 g/mol. The van der Waals surface area contributed by atoms with E-state index in [2.05, 4.69) is 181 Å². The molecule has 2 aliphatic rings. The van der Waals surface area contributed by atoms with Gasteiger partial charge in [-0.05, 0) is 102 Å². The van der Waals surface area contributed by atoms with E-state index in [1.165, 1.54) is 71.7 Å². The van der Waals surface area contributed by atoms with Crippen LogP contribution in [-0.2, 0) is 11.8 Å². The van der Waals surface area contributed by atoms with E-state index in [4.69, 9.17) is 4.98 Å². The Morgan fingerprint density at radius 2 is 1.36 bits per heavy atom. The summed E-state index contributed by atoms with van der Waals surface area (Å²) in [5.74, 6) is 1.46. The van der Waals surface area contributed by atoms with Gasteiger partial charge in [0.1, 0.15) is 5.82 Å². The molecule has 0 saturated heterocycles. The van der Waals surface area contributed by atoms with E-state index in [1.807, 2.05) is 0 Å². The SMILES string of the molecule is CC1C=Cc2c(c3cc(-c4ccc5c(c4)c4ccccc4n5-c4ccccc4)ccc3n2-c2cc(C3(C)C=CC=CC3)c3ccccc3n2)C1. The molecule has 2 aliphatic carbocycles. The maximum atomic E-state index is 5.34. The molecule has 240 valence electrons. The third kappa shape index (κ3) is 4.39. The van der Waals surface area contributed by atoms with E-state index in [9.17, 15) is 0 Å². The maximum Gasteiger partial charge on any atom is 0.138 e. The number of pyridine rings is 1. The summed E-state index contributed by atoms with van der Waals surface area (Å²) in [7, 11) is 0. The third-order valence-corrected chi connectivity index (χ3v) is 11.0. The summed E-state index contributed by atoms with van der Waals surface area (Å²) in [6.45, 7) is 4.67. The van der Waals surface area contributed by atoms with Crippen LogP contribution in [0.3, 0.4) is 0 Å². The predicted octanol–water partition coefficient (Wildman–Crippen LogP) is 11.9. The van der Waals surface area contributed by atoms with Crippen LogP contribution in [-0.4, -0.2) is 14.1 Å². The van der Waals surface area contributed by atoms with Gasteiger partial charge in [-0.2, -0.15) is 0 Å². The Bertz CT molecular complexity index is 2740. The van der Waals surface area contributed by atoms with Gasteiger partial charge in [0.25, 0.3) is 0 Å². The molecule has 50 heavy (non-hydrogen) atoms. The van der Waals surface area contributed by atoms with Crippen LogP contribution in [0, 0.1) is 5.92 Å². The number of allylic oxidation sites excluding steroid dienone is 5. The molecule has 0 N–H and O–H groups in total. The standard InChI is InChI=1S/C47H37N3/c1-31-19-22-44-37(27-31)39-29-33(32-20-23-43-38(28-32)35-15-8-10-18-42(35)49(43)34-13-5-3-6-14-34)21-24-45(39)50(44)46-30-40(47(2)25-11-4-12-26-47)36-16-7-9-17-41(36)48-46/h3-25,28-31H,26-27H2,1-2H3. The van der Waals surface area contributed by atoms with E-state index in [0.29, 0.717) is 5.92 Å². The summed E-state index contributed by atoms with van der Waals surface area (Å²) in [4.78, 5) is 5.34. The first-order chi connectivity index (χ1) is 24.6. The van der Waals surface area contributed by atoms with Crippen molar-refractivity contribution in [1.29, 1.82) is 0 Å². The van der Waals surface area contributed by atoms with Crippen molar-refractivity contribution in [2.24, 2.45) is 5.92 Å². The molecule has 10 rings (SSSR count). The minimum Gasteiger partial charge on any atom is -0.309 e. The van der Waals surface area contributed by atoms with Crippen molar-refractivity contribution in [3.63, 3.8) is 0 Å². The highest BCUT2D eigenvalue weighted by atomic mass is 15.1. The number of hydrogen-bond acceptors (Lipinski definition) is 1. The van der Waals surface area contributed by atoms with E-state index in [0.717, 1.165) is 24.2 Å². The van der Waals surface area contributed by atoms with Crippen LogP contribution in [0.2, 0.25) is 0 Å². The molecular formula is C47H37N3. The maximum absolute atomic E-state index is 5.34. The van der Waals surface area contributed by atoms with Gasteiger partial charge in [0.15, 0.2) is 0 Å². The van der Waals surface area contributed by atoms with Gasteiger partial charge in [0.2, 0.25) is 0 Å². The van der Waals surface area contributed by atoms with E-state index >= 15 is 0 Å². The number of para-hydroxylation sites is 3. The second kappa shape index (κ2) is 11.0. The zero-order valence-corrected chi connectivity index (χ0v) is 28.3. The molecule has 0 spiro atoms. The summed E-state index contributed by atoms with van der Waals surface area (Å²) in [5.41, 5.74) is 12.2. The Labute approximate surface area is 292 Å². The fraction of sp³-hybridized carbons (Fsp3) is 0.128. The van der Waals surface area contributed by atoms with Crippen LogP contribution in [0.15, 0.2) is 152 Å². The van der Waals surface area contributed by atoms with Crippen LogP contribution < -0.4 is 0 Å². The van der Waals surface area contributed by atoms with Crippen molar-refractivity contribution in [3.05, 3.63) is 169 Å². The summed E-state index contributed by atoms with van der Waals surface area (Å²) in [6, 6.07) is 44.4. The lowest BCUT2D eigenvalue weighted by Crippen LogP contribution is -2.21. The first-order valence-corrected chi connectivity index (χ1v) is 17.8. The Hall–Kier alpha value is -5.93. The van der Waals surface area contributed by atoms with Crippen molar-refractivity contribution in [2.75, 3.05) is 0 Å². The van der Waals surface area contributed by atoms with Gasteiger partial charge >= 0.3 is 0 Å². The largest absolute Gasteiger partial charge is 0.309 e. The van der Waals surface area contributed by atoms with Gasteiger partial charge in [-0.1, -0.05) is 111 Å². The number of nitrogens with zero attached hydrogens (tertiary/aromatic N) is 3. The van der Waals surface area contributed by atoms with E-state index < -0.39 is 0 Å². The third-order valence-electron chi connectivity index (χ3n) is 11.0. The molecule has 3 nitrogen and oxygen atoms in total. The first-order valence-electron chi connectivity index (χ1n) is 17.8. The molecule has 3 heterocycles. The number of hydrogen-bond donors (Lipinski definition) is 0. The molecule has 0 aliphatic heterocycles. The molecule has 3 aromatic heterocycles. The molecule has 2 atom stereocenters. The molecule has 8 aromatic rings. The van der Waals surface area contributed by atoms with Gasteiger partial charge in [0, 0.05) is 32.6 Å². The average molecular weight is 644 g/mol. The number of benzene rings is 5. The Morgan fingerprint density at radius 3 is 2.16 bits per heavy atom. The quantitative estimate of drug-likeness (QED) is 0.187. The van der Waals surface area contributed by atoms with E-state index in [1.54, 1.807) is 0 Å². The topological polar surface area (TPSA) is 22.8 Å². The van der Waals surface area contributed by atoms with Crippen molar-refractivity contribution in [3.8, 4) is 22.6 Å². The molecule has 0 radical (unpaired) electrons. The van der Waals surface area contributed by atoms with Crippen LogP contribution >= 0.6 is 0 Å². The summed E-state index contributed by atoms with van der Waals surface area (Å²) < 4.78 is 4.79. The Morgan fingerprint density at radius 1 is 0.660 bits per heavy atom. The second-order valence-corrected chi connectivity index (χ2v) is 14.3. The highest BCUT2D eigenvalue weighted by Crippen LogP contribution is 2.42. The summed E-state index contributed by atoms with van der Waals surface area (Å²) in [5, 5.41) is 5.07. The van der Waals surface area contributed by atoms with Gasteiger partial charge in [-0.25, -0.2) is 4.98 Å². The zero-order valence-electron chi connectivity index (χ0n) is 28.3. The zero-order chi connectivity index (χ0) is 33.4. The van der Waals surface area contributed by atoms with Gasteiger partial charge in [0.05, 0.1) is 27.8 Å². The fourth-order valence-electron chi connectivity index (χ4n) is 8.52. The van der Waals surface area contributed by atoms with Crippen molar-refractivity contribution in [2.45, 2.75) is 32.1 Å². The lowest BCUT2D eigenvalue weighted by Gasteiger charge is -2.29. The lowest BCUT2D eigenvalue weighted by atomic mass is 9.76. The normalized spacial score (nSPS) is 18.5. The van der Waals surface area contributed by atoms with Crippen molar-refractivity contribution >= 4 is 49.7 Å². The summed E-state index contributed by atoms with van der Waals surface area (Å²) in [6.07, 6.45) is 15.6. The minimum absolute atomic E-state index is 0.102. The lowest BCUT2D eigenvalue weighted by molar-refractivity contribution is 0.604. The highest BCUT2D eigenvalue weighted by molar-refractivity contribution is 6.10. The monoisotopic (exact) mass is 643 g/mol. The highest BCUT2D eigenvalue weighted by Gasteiger charge is 2.29. The van der Waals surface area contributed by atoms with Gasteiger partial charge in [-0.3, -0.25) is 4.57 Å². The molecule has 0 bridgehead atoms. The molecule has 0 amide bonds. The number of fused-ring (bicyclic) bond motifs is 7. The fourth-order valence-corrected chi connectivity index (χ4v) is 8.52. The predicted molar refractivity (Wildman–Crippen MR) is 211 cm³/mol. The van der Waals surface area contributed by atoms with Crippen LogP contribution in [0.4, 0.5) is 0 Å². The molecule has 0 saturated carbocycles. The van der Waals surface area contributed by atoms with Gasteiger partial charge in [-0.15, -0.1) is 0 Å². The van der Waals surface area contributed by atoms with Crippen LogP contribution in [0.25, 0.3) is 72.3 Å². The van der Waals surface area contributed by atoms with E-state index in [-0.39, 0.29) is 5.41 Å². The van der Waals surface area contributed by atoms with Crippen molar-refractivity contribution < 1.29 is 0 Å². The minimum atomic E-state index is -0.102. The Balaban J connectivity index is 1.17. The van der Waals surface area contributed by atoms with Crippen LogP contribution in [0.5, 0.6) is 0 Å². The second-order valence-electron chi connectivity index (χ2n) is 14.3. The Kier molecular flexibility index (Phi) is 6.41. The first kappa shape index (κ1) is 29.0. The molecule has 5 aromatic carbocycles. The average Bonchev–Trinajstić information content (AvgIpc) is 3.66. The molecule has 0 fully saturated rings. The van der Waals surface area contributed by atoms with Crippen molar-refractivity contribution in [1.82, 2.24) is 14.1 Å². The number of aromatic nitrogens is 3. The smallest absolute Gasteiger partial charge is 0.138 e. The molecule has 2 unspecified atom stereocenters. The molecule has 3 heteroatoms. The number of rotatable bonds is 4. The summed E-state index contributed by atoms with van der Waals surface area (Å²) >= 11 is 0. The van der Waals surface area contributed by atoms with Gasteiger partial charge < -0.3 is 4.57 Å².